The molecule has 0 spiro atoms. The molecule has 0 saturated carbocycles. The quantitative estimate of drug-likeness (QED) is 0.114. The third-order valence-corrected chi connectivity index (χ3v) is 12.6. The maximum Gasteiger partial charge on any atom is 0.0488 e. The van der Waals surface area contributed by atoms with Crippen LogP contribution in [0.1, 0.15) is 50.1 Å². The Morgan fingerprint density at radius 1 is 0.265 bits per heavy atom. The predicted molar refractivity (Wildman–Crippen MR) is 293 cm³/mol. The maximum atomic E-state index is 5.03. The largest absolute Gasteiger partial charge is 0.345 e. The third kappa shape index (κ3) is 9.87. The molecule has 0 aliphatic carbocycles. The molecule has 0 heterocycles. The molecule has 0 aliphatic rings. The fourth-order valence-corrected chi connectivity index (χ4v) is 9.22. The van der Waals surface area contributed by atoms with E-state index in [0.717, 1.165) is 79.3 Å². The first kappa shape index (κ1) is 45.1. The average molecular weight is 885 g/mol. The Balaban J connectivity index is 1.32. The van der Waals surface area contributed by atoms with Gasteiger partial charge in [0.2, 0.25) is 0 Å². The lowest BCUT2D eigenvalue weighted by Gasteiger charge is -2.31. The summed E-state index contributed by atoms with van der Waals surface area (Å²) in [5.74, 6) is 0. The van der Waals surface area contributed by atoms with Crippen LogP contribution in [0.2, 0.25) is 0 Å². The van der Waals surface area contributed by atoms with Crippen molar-refractivity contribution in [3.8, 4) is 0 Å². The van der Waals surface area contributed by atoms with Crippen molar-refractivity contribution in [3.05, 3.63) is 263 Å². The zero-order chi connectivity index (χ0) is 47.5. The van der Waals surface area contributed by atoms with Gasteiger partial charge in [-0.05, 0) is 225 Å². The standard InChI is InChI=1S/C64H60N4/c1-44-17-10-24-54(31-44)65(9)61-38-52(39-62(42-61)66(55-25-11-18-45(2)32-55)56-26-12-19-46(3)33-56)51(8)53-40-63(67(57-27-13-20-47(4)34-57)58-28-14-21-48(5)35-58)43-64(41-53)68(59-29-15-22-49(6)36-59)60-30-16-23-50(7)37-60/h10-43H,8H2,1-7,9H3. The van der Waals surface area contributed by atoms with E-state index in [1.807, 2.05) is 0 Å². The highest BCUT2D eigenvalue weighted by molar-refractivity contribution is 5.92. The number of nitrogens with zero attached hydrogens (tertiary/aromatic N) is 4. The first-order chi connectivity index (χ1) is 32.9. The van der Waals surface area contributed by atoms with Crippen LogP contribution in [0.4, 0.5) is 62.6 Å². The number of aryl methyl sites for hydroxylation is 7. The first-order valence-electron chi connectivity index (χ1n) is 23.5. The van der Waals surface area contributed by atoms with Crippen molar-refractivity contribution in [2.24, 2.45) is 0 Å². The summed E-state index contributed by atoms with van der Waals surface area (Å²) in [7, 11) is 2.16. The zero-order valence-electron chi connectivity index (χ0n) is 40.6. The molecular formula is C64H60N4. The Labute approximate surface area is 404 Å². The number of anilines is 11. The van der Waals surface area contributed by atoms with E-state index in [4.69, 9.17) is 6.58 Å². The highest BCUT2D eigenvalue weighted by atomic mass is 15.2. The molecule has 0 bridgehead atoms. The number of benzene rings is 9. The van der Waals surface area contributed by atoms with Crippen LogP contribution in [0.5, 0.6) is 0 Å². The average Bonchev–Trinajstić information content (AvgIpc) is 3.31. The summed E-state index contributed by atoms with van der Waals surface area (Å²) < 4.78 is 0. The second-order valence-corrected chi connectivity index (χ2v) is 18.4. The van der Waals surface area contributed by atoms with Crippen LogP contribution in [-0.2, 0) is 0 Å². The van der Waals surface area contributed by atoms with Crippen molar-refractivity contribution >= 4 is 68.1 Å². The molecule has 9 aromatic rings. The molecule has 0 N–H and O–H groups in total. The minimum Gasteiger partial charge on any atom is -0.345 e. The van der Waals surface area contributed by atoms with Crippen molar-refractivity contribution in [3.63, 3.8) is 0 Å². The SMILES string of the molecule is C=C(c1cc(N(C)c2cccc(C)c2)cc(N(c2cccc(C)c2)c2cccc(C)c2)c1)c1cc(N(c2cccc(C)c2)c2cccc(C)c2)cc(N(c2cccc(C)c2)c2cccc(C)c2)c1. The summed E-state index contributed by atoms with van der Waals surface area (Å²) in [6, 6.07) is 75.2. The summed E-state index contributed by atoms with van der Waals surface area (Å²) in [5.41, 5.74) is 23.0. The maximum absolute atomic E-state index is 5.03. The van der Waals surface area contributed by atoms with Gasteiger partial charge in [-0.3, -0.25) is 0 Å². The minimum atomic E-state index is 0.907. The van der Waals surface area contributed by atoms with Crippen LogP contribution in [0.3, 0.4) is 0 Å². The van der Waals surface area contributed by atoms with Crippen LogP contribution in [0.25, 0.3) is 5.57 Å². The lowest BCUT2D eigenvalue weighted by Crippen LogP contribution is -2.15. The van der Waals surface area contributed by atoms with Gasteiger partial charge in [0.05, 0.1) is 0 Å². The predicted octanol–water partition coefficient (Wildman–Crippen LogP) is 18.1. The van der Waals surface area contributed by atoms with Gasteiger partial charge in [0, 0.05) is 69.6 Å². The highest BCUT2D eigenvalue weighted by Crippen LogP contribution is 2.45. The van der Waals surface area contributed by atoms with Gasteiger partial charge >= 0.3 is 0 Å². The van der Waals surface area contributed by atoms with E-state index in [1.165, 1.54) is 38.9 Å². The molecule has 336 valence electrons. The molecule has 9 rings (SSSR count). The molecule has 0 unspecified atom stereocenters. The molecule has 4 heteroatoms. The molecule has 0 aromatic heterocycles. The van der Waals surface area contributed by atoms with E-state index in [1.54, 1.807) is 0 Å². The fourth-order valence-electron chi connectivity index (χ4n) is 9.22. The lowest BCUT2D eigenvalue weighted by atomic mass is 9.95. The van der Waals surface area contributed by atoms with Crippen LogP contribution >= 0.6 is 0 Å². The normalized spacial score (nSPS) is 11.0. The zero-order valence-corrected chi connectivity index (χ0v) is 40.6. The van der Waals surface area contributed by atoms with Crippen LogP contribution in [-0.4, -0.2) is 7.05 Å². The van der Waals surface area contributed by atoms with Gasteiger partial charge < -0.3 is 19.6 Å². The van der Waals surface area contributed by atoms with E-state index in [2.05, 4.69) is 281 Å². The molecule has 0 radical (unpaired) electrons. The highest BCUT2D eigenvalue weighted by Gasteiger charge is 2.23. The number of hydrogen-bond acceptors (Lipinski definition) is 4. The molecule has 9 aromatic carbocycles. The fraction of sp³-hybridized carbons (Fsp3) is 0.125. The first-order valence-corrected chi connectivity index (χ1v) is 23.5. The monoisotopic (exact) mass is 884 g/mol. The van der Waals surface area contributed by atoms with Gasteiger partial charge in [0.25, 0.3) is 0 Å². The van der Waals surface area contributed by atoms with Gasteiger partial charge in [-0.15, -0.1) is 0 Å². The second kappa shape index (κ2) is 19.4. The molecule has 4 nitrogen and oxygen atoms in total. The molecule has 0 atom stereocenters. The summed E-state index contributed by atoms with van der Waals surface area (Å²) in [6.45, 7) is 20.1. The Kier molecular flexibility index (Phi) is 12.9. The van der Waals surface area contributed by atoms with Gasteiger partial charge in [0.15, 0.2) is 0 Å². The Hall–Kier alpha value is -8.08. The van der Waals surface area contributed by atoms with Crippen LogP contribution < -0.4 is 19.6 Å². The molecular weight excluding hydrogens is 825 g/mol. The van der Waals surface area contributed by atoms with Crippen molar-refractivity contribution in [2.45, 2.75) is 48.5 Å². The van der Waals surface area contributed by atoms with Crippen molar-refractivity contribution in [1.82, 2.24) is 0 Å². The number of hydrogen-bond donors (Lipinski definition) is 0. The molecule has 0 saturated heterocycles. The topological polar surface area (TPSA) is 13.0 Å². The molecule has 0 amide bonds. The number of rotatable bonds is 13. The lowest BCUT2D eigenvalue weighted by molar-refractivity contribution is 1.19. The van der Waals surface area contributed by atoms with Gasteiger partial charge in [-0.25, -0.2) is 0 Å². The van der Waals surface area contributed by atoms with E-state index in [9.17, 15) is 0 Å². The van der Waals surface area contributed by atoms with E-state index < -0.39 is 0 Å². The third-order valence-electron chi connectivity index (χ3n) is 12.6. The van der Waals surface area contributed by atoms with E-state index >= 15 is 0 Å². The summed E-state index contributed by atoms with van der Waals surface area (Å²) >= 11 is 0. The van der Waals surface area contributed by atoms with Crippen molar-refractivity contribution < 1.29 is 0 Å². The van der Waals surface area contributed by atoms with Crippen molar-refractivity contribution in [1.29, 1.82) is 0 Å². The smallest absolute Gasteiger partial charge is 0.0488 e. The summed E-state index contributed by atoms with van der Waals surface area (Å²) in [6.07, 6.45) is 0. The van der Waals surface area contributed by atoms with E-state index in [-0.39, 0.29) is 0 Å². The minimum absolute atomic E-state index is 0.907. The van der Waals surface area contributed by atoms with Crippen LogP contribution in [0.15, 0.2) is 213 Å². The molecule has 68 heavy (non-hydrogen) atoms. The van der Waals surface area contributed by atoms with Crippen molar-refractivity contribution in [2.75, 3.05) is 26.6 Å². The Bertz CT molecular complexity index is 3040. The molecule has 0 fully saturated rings. The Morgan fingerprint density at radius 2 is 0.485 bits per heavy atom. The van der Waals surface area contributed by atoms with Gasteiger partial charge in [0.1, 0.15) is 0 Å². The van der Waals surface area contributed by atoms with E-state index in [0.29, 0.717) is 0 Å². The summed E-state index contributed by atoms with van der Waals surface area (Å²) in [4.78, 5) is 9.43. The summed E-state index contributed by atoms with van der Waals surface area (Å²) in [5, 5.41) is 0. The second-order valence-electron chi connectivity index (χ2n) is 18.4. The molecule has 0 aliphatic heterocycles. The van der Waals surface area contributed by atoms with Crippen LogP contribution in [0, 0.1) is 48.5 Å². The Morgan fingerprint density at radius 3 is 0.750 bits per heavy atom. The van der Waals surface area contributed by atoms with Gasteiger partial charge in [-0.2, -0.15) is 0 Å². The van der Waals surface area contributed by atoms with Gasteiger partial charge in [-0.1, -0.05) is 91.5 Å².